The van der Waals surface area contributed by atoms with Gasteiger partial charge >= 0.3 is 0 Å². The molecule has 2 N–H and O–H groups in total. The first kappa shape index (κ1) is 24.1. The van der Waals surface area contributed by atoms with Gasteiger partial charge < -0.3 is 15.5 Å². The van der Waals surface area contributed by atoms with Crippen molar-refractivity contribution in [3.63, 3.8) is 0 Å². The third-order valence-corrected chi connectivity index (χ3v) is 6.91. The van der Waals surface area contributed by atoms with Gasteiger partial charge in [0.1, 0.15) is 0 Å². The zero-order chi connectivity index (χ0) is 25.9. The molecule has 11 heteroatoms. The van der Waals surface area contributed by atoms with Gasteiger partial charge in [-0.3, -0.25) is 9.69 Å². The SMILES string of the molecule is O=C(NCCN1CCN(c2cccc(Cl)c2)CC1)c1cccc(Nc2nc3ccccc3n3nnnc23)c1. The number of hydrogen-bond donors (Lipinski definition) is 2. The molecule has 3 heterocycles. The summed E-state index contributed by atoms with van der Waals surface area (Å²) >= 11 is 6.14. The highest BCUT2D eigenvalue weighted by atomic mass is 35.5. The lowest BCUT2D eigenvalue weighted by molar-refractivity contribution is 0.0948. The lowest BCUT2D eigenvalue weighted by atomic mass is 10.2. The molecule has 6 rings (SSSR count). The van der Waals surface area contributed by atoms with Crippen molar-refractivity contribution in [2.45, 2.75) is 0 Å². The van der Waals surface area contributed by atoms with Crippen LogP contribution in [-0.2, 0) is 0 Å². The van der Waals surface area contributed by atoms with Gasteiger partial charge in [0.25, 0.3) is 5.91 Å². The van der Waals surface area contributed by atoms with Crippen LogP contribution < -0.4 is 15.5 Å². The van der Waals surface area contributed by atoms with Crippen LogP contribution in [0.15, 0.2) is 72.8 Å². The van der Waals surface area contributed by atoms with Crippen molar-refractivity contribution in [2.24, 2.45) is 0 Å². The number of piperazine rings is 1. The van der Waals surface area contributed by atoms with Crippen LogP contribution in [0.2, 0.25) is 5.02 Å². The van der Waals surface area contributed by atoms with Gasteiger partial charge in [0, 0.05) is 61.2 Å². The number of fused-ring (bicyclic) bond motifs is 3. The van der Waals surface area contributed by atoms with Crippen molar-refractivity contribution in [3.05, 3.63) is 83.4 Å². The molecule has 0 spiro atoms. The number of rotatable bonds is 7. The van der Waals surface area contributed by atoms with Crippen LogP contribution in [0.1, 0.15) is 10.4 Å². The summed E-state index contributed by atoms with van der Waals surface area (Å²) < 4.78 is 1.65. The Morgan fingerprint density at radius 2 is 1.79 bits per heavy atom. The normalized spacial score (nSPS) is 14.2. The van der Waals surface area contributed by atoms with Crippen molar-refractivity contribution in [1.82, 2.24) is 35.2 Å². The number of halogens is 1. The minimum atomic E-state index is -0.119. The number of nitrogens with zero attached hydrogens (tertiary/aromatic N) is 7. The number of hydrogen-bond acceptors (Lipinski definition) is 8. The highest BCUT2D eigenvalue weighted by Gasteiger charge is 2.18. The number of aromatic nitrogens is 5. The average molecular weight is 528 g/mol. The van der Waals surface area contributed by atoms with Crippen molar-refractivity contribution < 1.29 is 4.79 Å². The third kappa shape index (κ3) is 5.09. The molecule has 0 atom stereocenters. The summed E-state index contributed by atoms with van der Waals surface area (Å²) in [5.41, 5.74) is 4.53. The molecule has 3 aromatic carbocycles. The summed E-state index contributed by atoms with van der Waals surface area (Å²) in [6, 6.07) is 22.9. The summed E-state index contributed by atoms with van der Waals surface area (Å²) in [5, 5.41) is 19.1. The van der Waals surface area contributed by atoms with Crippen molar-refractivity contribution in [3.8, 4) is 0 Å². The highest BCUT2D eigenvalue weighted by Crippen LogP contribution is 2.23. The van der Waals surface area contributed by atoms with Gasteiger partial charge in [-0.15, -0.1) is 5.10 Å². The van der Waals surface area contributed by atoms with Crippen LogP contribution in [0.4, 0.5) is 17.2 Å². The molecule has 10 nitrogen and oxygen atoms in total. The molecule has 1 fully saturated rings. The molecule has 0 radical (unpaired) electrons. The maximum atomic E-state index is 12.9. The van der Waals surface area contributed by atoms with Crippen LogP contribution in [0.5, 0.6) is 0 Å². The fraction of sp³-hybridized carbons (Fsp3) is 0.222. The van der Waals surface area contributed by atoms with Gasteiger partial charge in [-0.25, -0.2) is 4.98 Å². The Morgan fingerprint density at radius 3 is 2.66 bits per heavy atom. The number of carbonyl (C=O) groups excluding carboxylic acids is 1. The number of carbonyl (C=O) groups is 1. The first-order valence-electron chi connectivity index (χ1n) is 12.5. The zero-order valence-corrected chi connectivity index (χ0v) is 21.3. The Kier molecular flexibility index (Phi) is 6.72. The number of anilines is 3. The van der Waals surface area contributed by atoms with Crippen molar-refractivity contribution in [2.75, 3.05) is 49.5 Å². The molecular formula is C27H26ClN9O. The van der Waals surface area contributed by atoms with Gasteiger partial charge in [0.15, 0.2) is 5.82 Å². The lowest BCUT2D eigenvalue weighted by Crippen LogP contribution is -2.48. The molecule has 1 amide bonds. The van der Waals surface area contributed by atoms with Crippen LogP contribution in [0, 0.1) is 0 Å². The van der Waals surface area contributed by atoms with Crippen molar-refractivity contribution in [1.29, 1.82) is 0 Å². The van der Waals surface area contributed by atoms with E-state index in [4.69, 9.17) is 11.6 Å². The Hall–Kier alpha value is -4.28. The van der Waals surface area contributed by atoms with E-state index in [0.717, 1.165) is 60.2 Å². The Morgan fingerprint density at radius 1 is 0.947 bits per heavy atom. The van der Waals surface area contributed by atoms with Gasteiger partial charge in [0.05, 0.1) is 11.0 Å². The molecule has 192 valence electrons. The smallest absolute Gasteiger partial charge is 0.251 e. The fourth-order valence-corrected chi connectivity index (χ4v) is 4.88. The zero-order valence-electron chi connectivity index (χ0n) is 20.6. The molecule has 0 bridgehead atoms. The van der Waals surface area contributed by atoms with Crippen LogP contribution >= 0.6 is 11.6 Å². The summed E-state index contributed by atoms with van der Waals surface area (Å²) in [4.78, 5) is 22.3. The van der Waals surface area contributed by atoms with E-state index in [1.54, 1.807) is 16.6 Å². The molecule has 1 aliphatic rings. The largest absolute Gasteiger partial charge is 0.369 e. The van der Waals surface area contributed by atoms with E-state index in [-0.39, 0.29) is 5.91 Å². The van der Waals surface area contributed by atoms with Crippen LogP contribution in [-0.4, -0.2) is 75.1 Å². The van der Waals surface area contributed by atoms with E-state index in [2.05, 4.69) is 47.0 Å². The number of tetrazole rings is 1. The number of amides is 1. The summed E-state index contributed by atoms with van der Waals surface area (Å²) in [7, 11) is 0. The number of nitrogens with one attached hydrogen (secondary N) is 2. The third-order valence-electron chi connectivity index (χ3n) is 6.67. The van der Waals surface area contributed by atoms with E-state index in [1.807, 2.05) is 54.6 Å². The Bertz CT molecular complexity index is 1600. The Labute approximate surface area is 224 Å². The highest BCUT2D eigenvalue weighted by molar-refractivity contribution is 6.30. The van der Waals surface area contributed by atoms with Crippen LogP contribution in [0.3, 0.4) is 0 Å². The molecule has 0 aliphatic carbocycles. The topological polar surface area (TPSA) is 104 Å². The second kappa shape index (κ2) is 10.6. The fourth-order valence-electron chi connectivity index (χ4n) is 4.70. The first-order chi connectivity index (χ1) is 18.6. The predicted octanol–water partition coefficient (Wildman–Crippen LogP) is 3.62. The molecule has 5 aromatic rings. The minimum Gasteiger partial charge on any atom is -0.369 e. The van der Waals surface area contributed by atoms with Crippen LogP contribution in [0.25, 0.3) is 16.7 Å². The molecule has 1 saturated heterocycles. The van der Waals surface area contributed by atoms with Gasteiger partial charge in [0.2, 0.25) is 5.65 Å². The maximum absolute atomic E-state index is 12.9. The molecular weight excluding hydrogens is 502 g/mol. The monoisotopic (exact) mass is 527 g/mol. The molecule has 1 aliphatic heterocycles. The number of para-hydroxylation sites is 2. The summed E-state index contributed by atoms with van der Waals surface area (Å²) in [6.45, 7) is 5.11. The second-order valence-corrected chi connectivity index (χ2v) is 9.57. The van der Waals surface area contributed by atoms with E-state index < -0.39 is 0 Å². The van der Waals surface area contributed by atoms with Gasteiger partial charge in [-0.2, -0.15) is 4.52 Å². The second-order valence-electron chi connectivity index (χ2n) is 9.13. The van der Waals surface area contributed by atoms with Gasteiger partial charge in [-0.05, 0) is 59.0 Å². The molecule has 2 aromatic heterocycles. The Balaban J connectivity index is 1.05. The van der Waals surface area contributed by atoms with E-state index in [9.17, 15) is 4.79 Å². The van der Waals surface area contributed by atoms with E-state index >= 15 is 0 Å². The quantitative estimate of drug-likeness (QED) is 0.331. The average Bonchev–Trinajstić information content (AvgIpc) is 3.45. The molecule has 0 unspecified atom stereocenters. The number of benzene rings is 3. The first-order valence-corrected chi connectivity index (χ1v) is 12.9. The van der Waals surface area contributed by atoms with E-state index in [1.165, 1.54) is 0 Å². The molecule has 0 saturated carbocycles. The lowest BCUT2D eigenvalue weighted by Gasteiger charge is -2.36. The van der Waals surface area contributed by atoms with E-state index in [0.29, 0.717) is 23.6 Å². The standard InChI is InChI=1S/C27H26ClN9O/c28-20-6-4-8-22(18-20)36-15-13-35(14-16-36)12-11-29-27(38)19-5-3-7-21(17-19)30-25-26-32-33-34-37(26)24-10-2-1-9-23(24)31-25/h1-10,17-18H,11-16H2,(H,29,38)(H,30,31). The minimum absolute atomic E-state index is 0.119. The predicted molar refractivity (Wildman–Crippen MR) is 148 cm³/mol. The van der Waals surface area contributed by atoms with Gasteiger partial charge in [-0.1, -0.05) is 35.9 Å². The summed E-state index contributed by atoms with van der Waals surface area (Å²) in [6.07, 6.45) is 0. The van der Waals surface area contributed by atoms with Crippen molar-refractivity contribution >= 4 is 51.4 Å². The summed E-state index contributed by atoms with van der Waals surface area (Å²) in [5.74, 6) is 0.398. The maximum Gasteiger partial charge on any atom is 0.251 e. The molecule has 38 heavy (non-hydrogen) atoms.